The maximum atomic E-state index is 6.83. The van der Waals surface area contributed by atoms with Crippen LogP contribution in [0.2, 0.25) is 0 Å². The van der Waals surface area contributed by atoms with Gasteiger partial charge >= 0.3 is 0 Å². The zero-order valence-corrected chi connectivity index (χ0v) is 32.0. The molecule has 0 spiro atoms. The van der Waals surface area contributed by atoms with Gasteiger partial charge in [0.2, 0.25) is 0 Å². The van der Waals surface area contributed by atoms with Crippen molar-refractivity contribution in [1.82, 2.24) is 19.3 Å². The number of para-hydroxylation sites is 1. The number of nitrogens with zero attached hydrogens (tertiary/aromatic N) is 4. The Morgan fingerprint density at radius 2 is 1.69 bits per heavy atom. The zero-order chi connectivity index (χ0) is 36.0. The van der Waals surface area contributed by atoms with Gasteiger partial charge in [-0.3, -0.25) is 4.57 Å². The van der Waals surface area contributed by atoms with Crippen molar-refractivity contribution >= 4 is 21.8 Å². The van der Waals surface area contributed by atoms with Crippen LogP contribution in [0.15, 0.2) is 90.6 Å². The lowest BCUT2D eigenvalue weighted by Gasteiger charge is -2.32. The lowest BCUT2D eigenvalue weighted by Crippen LogP contribution is -2.24. The van der Waals surface area contributed by atoms with Crippen molar-refractivity contribution in [3.8, 4) is 23.0 Å². The van der Waals surface area contributed by atoms with Crippen LogP contribution in [-0.2, 0) is 11.8 Å². The van der Waals surface area contributed by atoms with Crippen LogP contribution in [0.1, 0.15) is 121 Å². The minimum atomic E-state index is -0.108. The summed E-state index contributed by atoms with van der Waals surface area (Å²) in [5, 5.41) is 7.69. The molecule has 5 nitrogen and oxygen atoms in total. The molecule has 264 valence electrons. The van der Waals surface area contributed by atoms with Crippen LogP contribution in [-0.4, -0.2) is 19.3 Å². The van der Waals surface area contributed by atoms with Crippen LogP contribution in [0.4, 0.5) is 0 Å². The van der Waals surface area contributed by atoms with Crippen molar-refractivity contribution in [2.75, 3.05) is 0 Å². The monoisotopic (exact) mass is 678 g/mol. The number of allylic oxidation sites excluding steroid dienone is 2. The number of aryl methyl sites for hydroxylation is 2. The highest BCUT2D eigenvalue weighted by molar-refractivity contribution is 6.09. The van der Waals surface area contributed by atoms with Crippen molar-refractivity contribution in [1.29, 1.82) is 0 Å². The molecule has 3 heterocycles. The molecule has 0 fully saturated rings. The van der Waals surface area contributed by atoms with Crippen LogP contribution < -0.4 is 4.74 Å². The van der Waals surface area contributed by atoms with Gasteiger partial charge in [-0.25, -0.2) is 9.67 Å². The summed E-state index contributed by atoms with van der Waals surface area (Å²) in [6.45, 7) is 20.6. The summed E-state index contributed by atoms with van der Waals surface area (Å²) in [4.78, 5) is 4.87. The third-order valence-electron chi connectivity index (χ3n) is 10.8. The van der Waals surface area contributed by atoms with Crippen molar-refractivity contribution in [3.63, 3.8) is 0 Å². The van der Waals surface area contributed by atoms with E-state index in [2.05, 4.69) is 150 Å². The molecule has 51 heavy (non-hydrogen) atoms. The van der Waals surface area contributed by atoms with E-state index in [4.69, 9.17) is 14.8 Å². The van der Waals surface area contributed by atoms with Crippen molar-refractivity contribution in [3.05, 3.63) is 119 Å². The quantitative estimate of drug-likeness (QED) is 0.143. The Bertz CT molecular complexity index is 2240. The first-order chi connectivity index (χ1) is 24.4. The summed E-state index contributed by atoms with van der Waals surface area (Å²) in [5.74, 6) is 3.83. The lowest BCUT2D eigenvalue weighted by atomic mass is 9.72. The fraction of sp³-hybridized carbons (Fsp3) is 0.391. The topological polar surface area (TPSA) is 44.9 Å². The summed E-state index contributed by atoms with van der Waals surface area (Å²) in [5.41, 5.74) is 11.0. The molecular formula is C46H54N4O. The average molecular weight is 679 g/mol. The van der Waals surface area contributed by atoms with Gasteiger partial charge in [0.25, 0.3) is 0 Å². The molecule has 0 N–H and O–H groups in total. The first-order valence-corrected chi connectivity index (χ1v) is 19.0. The van der Waals surface area contributed by atoms with Crippen LogP contribution in [0.3, 0.4) is 0 Å². The molecule has 7 rings (SSSR count). The summed E-state index contributed by atoms with van der Waals surface area (Å²) < 4.78 is 11.3. The molecule has 1 unspecified atom stereocenters. The summed E-state index contributed by atoms with van der Waals surface area (Å²) in [7, 11) is 0. The van der Waals surface area contributed by atoms with Gasteiger partial charge in [-0.05, 0) is 105 Å². The normalized spacial score (nSPS) is 16.7. The van der Waals surface area contributed by atoms with E-state index in [0.717, 1.165) is 52.6 Å². The molecule has 3 aromatic carbocycles. The molecule has 0 bridgehead atoms. The van der Waals surface area contributed by atoms with Crippen molar-refractivity contribution in [2.24, 2.45) is 5.92 Å². The second-order valence-corrected chi connectivity index (χ2v) is 16.2. The number of rotatable bonds is 9. The minimum absolute atomic E-state index is 0.108. The molecule has 0 aliphatic heterocycles. The number of benzene rings is 3. The lowest BCUT2D eigenvalue weighted by molar-refractivity contribution is 0.437. The maximum Gasteiger partial charge on any atom is 0.137 e. The third-order valence-corrected chi connectivity index (χ3v) is 10.8. The Hall–Kier alpha value is -4.64. The predicted octanol–water partition coefficient (Wildman–Crippen LogP) is 12.7. The SMILES string of the molecule is CCCCc1ccnc(-n2c3ccccc3c3ccc(Oc4cc(C(C)C)cc(-n5nc(C)c([C@H]6C(C)=CCCC6C)c5C(C)(C)C)c4)cc32)c1. The van der Waals surface area contributed by atoms with E-state index in [1.807, 2.05) is 6.20 Å². The Morgan fingerprint density at radius 3 is 2.43 bits per heavy atom. The van der Waals surface area contributed by atoms with Gasteiger partial charge in [-0.15, -0.1) is 0 Å². The fourth-order valence-corrected chi connectivity index (χ4v) is 8.29. The Labute approximate surface area is 304 Å². The van der Waals surface area contributed by atoms with E-state index in [1.54, 1.807) is 0 Å². The predicted molar refractivity (Wildman–Crippen MR) is 213 cm³/mol. The Balaban J connectivity index is 1.34. The van der Waals surface area contributed by atoms with Crippen molar-refractivity contribution < 1.29 is 4.74 Å². The van der Waals surface area contributed by atoms with Crippen LogP contribution in [0.5, 0.6) is 11.5 Å². The number of fused-ring (bicyclic) bond motifs is 3. The molecular weight excluding hydrogens is 625 g/mol. The van der Waals surface area contributed by atoms with Crippen LogP contribution >= 0.6 is 0 Å². The first kappa shape index (κ1) is 34.8. The summed E-state index contributed by atoms with van der Waals surface area (Å²) in [6.07, 6.45) is 10.1. The number of aromatic nitrogens is 4. The highest BCUT2D eigenvalue weighted by Crippen LogP contribution is 2.45. The van der Waals surface area contributed by atoms with Crippen LogP contribution in [0.25, 0.3) is 33.3 Å². The molecule has 0 saturated carbocycles. The molecule has 6 aromatic rings. The van der Waals surface area contributed by atoms with Gasteiger partial charge in [0.1, 0.15) is 17.3 Å². The second kappa shape index (κ2) is 13.8. The number of pyridine rings is 1. The number of ether oxygens (including phenoxy) is 1. The molecule has 0 radical (unpaired) electrons. The second-order valence-electron chi connectivity index (χ2n) is 16.2. The largest absolute Gasteiger partial charge is 0.457 e. The highest BCUT2D eigenvalue weighted by Gasteiger charge is 2.35. The molecule has 1 aliphatic rings. The standard InChI is InChI=1S/C46H54N4O/c1-10-11-17-33-22-23-47-42(24-33)49-40-19-13-12-18-38(40)39-21-20-36(28-41(39)49)51-37-26-34(29(2)3)25-35(27-37)50-45(46(7,8)9)44(32(6)48-50)43-30(4)15-14-16-31(43)5/h12-13,15,18-29,31,43H,10-11,14,16-17H2,1-9H3/t31?,43-/m0/s1. The molecule has 1 aliphatic carbocycles. The molecule has 0 amide bonds. The van der Waals surface area contributed by atoms with Gasteiger partial charge in [0, 0.05) is 46.0 Å². The van der Waals surface area contributed by atoms with Gasteiger partial charge in [0.05, 0.1) is 28.1 Å². The third kappa shape index (κ3) is 6.64. The van der Waals surface area contributed by atoms with E-state index >= 15 is 0 Å². The molecule has 2 atom stereocenters. The fourth-order valence-electron chi connectivity index (χ4n) is 8.29. The van der Waals surface area contributed by atoms with Gasteiger partial charge in [0.15, 0.2) is 0 Å². The summed E-state index contributed by atoms with van der Waals surface area (Å²) >= 11 is 0. The van der Waals surface area contributed by atoms with E-state index < -0.39 is 0 Å². The molecule has 5 heteroatoms. The van der Waals surface area contributed by atoms with Crippen LogP contribution in [0, 0.1) is 12.8 Å². The van der Waals surface area contributed by atoms with E-state index in [0.29, 0.717) is 17.8 Å². The smallest absolute Gasteiger partial charge is 0.137 e. The van der Waals surface area contributed by atoms with Gasteiger partial charge < -0.3 is 4.74 Å². The number of hydrogen-bond acceptors (Lipinski definition) is 3. The number of hydrogen-bond donors (Lipinski definition) is 0. The van der Waals surface area contributed by atoms with E-state index in [-0.39, 0.29) is 5.41 Å². The summed E-state index contributed by atoms with van der Waals surface area (Å²) in [6, 6.07) is 26.1. The minimum Gasteiger partial charge on any atom is -0.457 e. The first-order valence-electron chi connectivity index (χ1n) is 19.0. The Kier molecular flexibility index (Phi) is 9.43. The average Bonchev–Trinajstić information content (AvgIpc) is 3.62. The van der Waals surface area contributed by atoms with Gasteiger partial charge in [-0.1, -0.05) is 84.7 Å². The highest BCUT2D eigenvalue weighted by atomic mass is 16.5. The molecule has 0 saturated heterocycles. The van der Waals surface area contributed by atoms with E-state index in [9.17, 15) is 0 Å². The number of unbranched alkanes of at least 4 members (excludes halogenated alkanes) is 1. The van der Waals surface area contributed by atoms with E-state index in [1.165, 1.54) is 58.0 Å². The Morgan fingerprint density at radius 1 is 0.902 bits per heavy atom. The zero-order valence-electron chi connectivity index (χ0n) is 32.0. The van der Waals surface area contributed by atoms with Gasteiger partial charge in [-0.2, -0.15) is 5.10 Å². The maximum absolute atomic E-state index is 6.83. The molecule has 3 aromatic heterocycles. The van der Waals surface area contributed by atoms with Crippen molar-refractivity contribution in [2.45, 2.75) is 112 Å².